The Bertz CT molecular complexity index is 1190. The van der Waals surface area contributed by atoms with E-state index in [1.54, 1.807) is 25.4 Å². The lowest BCUT2D eigenvalue weighted by Crippen LogP contribution is -2.34. The van der Waals surface area contributed by atoms with Gasteiger partial charge in [-0.25, -0.2) is 9.97 Å². The maximum absolute atomic E-state index is 12.8. The number of nitrogens with zero attached hydrogens (tertiary/aromatic N) is 2. The first-order valence-electron chi connectivity index (χ1n) is 11.0. The molecule has 1 unspecified atom stereocenters. The van der Waals surface area contributed by atoms with Gasteiger partial charge in [-0.3, -0.25) is 4.79 Å². The predicted molar refractivity (Wildman–Crippen MR) is 128 cm³/mol. The van der Waals surface area contributed by atoms with E-state index in [0.717, 1.165) is 5.69 Å². The molecule has 1 atom stereocenters. The molecule has 1 fully saturated rings. The van der Waals surface area contributed by atoms with Crippen molar-refractivity contribution in [2.24, 2.45) is 0 Å². The van der Waals surface area contributed by atoms with Crippen molar-refractivity contribution in [1.29, 1.82) is 0 Å². The van der Waals surface area contributed by atoms with Crippen LogP contribution in [-0.4, -0.2) is 67.0 Å². The van der Waals surface area contributed by atoms with Crippen LogP contribution in [0.25, 0.3) is 11.4 Å². The van der Waals surface area contributed by atoms with Crippen LogP contribution in [0.2, 0.25) is 5.02 Å². The molecule has 4 heterocycles. The molecule has 1 amide bonds. The molecule has 2 aromatic heterocycles. The third kappa shape index (κ3) is 4.52. The van der Waals surface area contributed by atoms with Crippen LogP contribution in [0.3, 0.4) is 0 Å². The molecule has 0 radical (unpaired) electrons. The summed E-state index contributed by atoms with van der Waals surface area (Å²) >= 11 is 6.32. The van der Waals surface area contributed by atoms with Gasteiger partial charge < -0.3 is 35.1 Å². The molecule has 34 heavy (non-hydrogen) atoms. The average molecular weight is 485 g/mol. The van der Waals surface area contributed by atoms with Gasteiger partial charge >= 0.3 is 0 Å². The number of rotatable bonds is 7. The van der Waals surface area contributed by atoms with E-state index in [1.807, 2.05) is 12.1 Å². The van der Waals surface area contributed by atoms with Gasteiger partial charge in [-0.15, -0.1) is 0 Å². The fraction of sp³-hybridized carbons (Fsp3) is 0.348. The molecule has 0 aliphatic carbocycles. The van der Waals surface area contributed by atoms with Gasteiger partial charge in [0.05, 0.1) is 66.4 Å². The normalized spacial score (nSPS) is 17.6. The monoisotopic (exact) mass is 484 g/mol. The van der Waals surface area contributed by atoms with Crippen molar-refractivity contribution in [2.45, 2.75) is 12.5 Å². The first kappa shape index (κ1) is 22.5. The molecule has 0 saturated carbocycles. The lowest BCUT2D eigenvalue weighted by molar-refractivity contribution is -0.0819. The van der Waals surface area contributed by atoms with Crippen molar-refractivity contribution in [2.75, 3.05) is 50.7 Å². The van der Waals surface area contributed by atoms with Crippen LogP contribution in [0.4, 0.5) is 17.3 Å². The number of hydrogen-bond acceptors (Lipinski definition) is 8. The summed E-state index contributed by atoms with van der Waals surface area (Å²) < 4.78 is 16.6. The molecule has 10 nitrogen and oxygen atoms in total. The maximum Gasteiger partial charge on any atom is 0.255 e. The Balaban J connectivity index is 1.50. The summed E-state index contributed by atoms with van der Waals surface area (Å²) in [4.78, 5) is 25.2. The van der Waals surface area contributed by atoms with Gasteiger partial charge in [0, 0.05) is 31.4 Å². The number of nitrogens with one attached hydrogen (secondary N) is 4. The lowest BCUT2D eigenvalue weighted by atomic mass is 10.1. The van der Waals surface area contributed by atoms with E-state index in [-0.39, 0.29) is 12.0 Å². The topological polar surface area (TPSA) is 122 Å². The van der Waals surface area contributed by atoms with E-state index in [0.29, 0.717) is 84.4 Å². The second-order valence-corrected chi connectivity index (χ2v) is 8.30. The number of fused-ring (bicyclic) bond motifs is 1. The van der Waals surface area contributed by atoms with Gasteiger partial charge in [0.15, 0.2) is 5.75 Å². The Labute approximate surface area is 201 Å². The van der Waals surface area contributed by atoms with Crippen LogP contribution in [0.1, 0.15) is 16.1 Å². The Morgan fingerprint density at radius 2 is 2.21 bits per heavy atom. The molecular formula is C23H25ClN6O4. The van der Waals surface area contributed by atoms with E-state index in [4.69, 9.17) is 25.8 Å². The number of para-hydroxylation sites is 1. The van der Waals surface area contributed by atoms with Crippen molar-refractivity contribution >= 4 is 34.8 Å². The van der Waals surface area contributed by atoms with E-state index in [2.05, 4.69) is 30.9 Å². The molecule has 11 heteroatoms. The molecule has 0 spiro atoms. The number of aromatic nitrogens is 3. The highest BCUT2D eigenvalue weighted by Gasteiger charge is 2.28. The summed E-state index contributed by atoms with van der Waals surface area (Å²) in [5.41, 5.74) is 3.92. The summed E-state index contributed by atoms with van der Waals surface area (Å²) in [6.07, 6.45) is 2.29. The van der Waals surface area contributed by atoms with Gasteiger partial charge in [-0.05, 0) is 18.2 Å². The number of H-pyrrole nitrogens is 1. The molecule has 2 aliphatic rings. The lowest BCUT2D eigenvalue weighted by Gasteiger charge is -2.23. The number of carbonyl (C=O) groups is 1. The maximum atomic E-state index is 12.8. The summed E-state index contributed by atoms with van der Waals surface area (Å²) in [6, 6.07) is 7.19. The van der Waals surface area contributed by atoms with Crippen LogP contribution in [0, 0.1) is 0 Å². The highest BCUT2D eigenvalue weighted by molar-refractivity contribution is 6.32. The third-order valence-corrected chi connectivity index (χ3v) is 5.98. The number of aromatic amines is 1. The molecule has 2 aliphatic heterocycles. The third-order valence-electron chi connectivity index (χ3n) is 5.68. The number of carbonyl (C=O) groups excluding carboxylic acids is 1. The standard InChI is InChI=1S/C23H25ClN6O4/c1-32-21-14(24)3-2-4-17(21)29-20-18-15(5-7-25-22(18)31)28-19(20)16-6-8-26-23(30-16)27-11-13-12-33-9-10-34-13/h2-4,6,8,13,28-29H,5,7,9-12H2,1H3,(H,25,31)(H,26,27,30). The number of ether oxygens (including phenoxy) is 3. The molecule has 5 rings (SSSR count). The fourth-order valence-electron chi connectivity index (χ4n) is 4.09. The minimum atomic E-state index is -0.158. The minimum absolute atomic E-state index is 0.0602. The second kappa shape index (κ2) is 9.88. The largest absolute Gasteiger partial charge is 0.493 e. The summed E-state index contributed by atoms with van der Waals surface area (Å²) in [7, 11) is 1.55. The Hall–Kier alpha value is -3.34. The van der Waals surface area contributed by atoms with Crippen molar-refractivity contribution in [3.8, 4) is 17.1 Å². The SMILES string of the molecule is COc1c(Cl)cccc1Nc1c(-c2ccnc(NCC3COCCO3)n2)[nH]c2c1C(=O)NCC2. The zero-order chi connectivity index (χ0) is 23.5. The molecule has 4 N–H and O–H groups in total. The van der Waals surface area contributed by atoms with E-state index in [9.17, 15) is 4.79 Å². The highest BCUT2D eigenvalue weighted by Crippen LogP contribution is 2.40. The number of halogens is 1. The molecule has 3 aromatic rings. The molecule has 0 bridgehead atoms. The molecular weight excluding hydrogens is 460 g/mol. The number of anilines is 3. The number of hydrogen-bond donors (Lipinski definition) is 4. The highest BCUT2D eigenvalue weighted by atomic mass is 35.5. The van der Waals surface area contributed by atoms with Crippen molar-refractivity contribution in [3.63, 3.8) is 0 Å². The Morgan fingerprint density at radius 3 is 3.03 bits per heavy atom. The smallest absolute Gasteiger partial charge is 0.255 e. The van der Waals surface area contributed by atoms with Crippen molar-refractivity contribution in [3.05, 3.63) is 46.7 Å². The van der Waals surface area contributed by atoms with Gasteiger partial charge in [0.25, 0.3) is 5.91 Å². The van der Waals surface area contributed by atoms with Crippen LogP contribution in [-0.2, 0) is 15.9 Å². The second-order valence-electron chi connectivity index (χ2n) is 7.89. The van der Waals surface area contributed by atoms with E-state index >= 15 is 0 Å². The summed E-state index contributed by atoms with van der Waals surface area (Å²) in [5.74, 6) is 0.783. The van der Waals surface area contributed by atoms with Gasteiger partial charge in [-0.2, -0.15) is 0 Å². The first-order valence-corrected chi connectivity index (χ1v) is 11.4. The summed E-state index contributed by atoms with van der Waals surface area (Å²) in [6.45, 7) is 2.80. The van der Waals surface area contributed by atoms with E-state index in [1.165, 1.54) is 0 Å². The summed E-state index contributed by atoms with van der Waals surface area (Å²) in [5, 5.41) is 9.94. The zero-order valence-electron chi connectivity index (χ0n) is 18.6. The number of methoxy groups -OCH3 is 1. The van der Waals surface area contributed by atoms with Crippen LogP contribution in [0.15, 0.2) is 30.5 Å². The predicted octanol–water partition coefficient (Wildman–Crippen LogP) is 2.99. The van der Waals surface area contributed by atoms with E-state index < -0.39 is 0 Å². The number of amides is 1. The molecule has 178 valence electrons. The van der Waals surface area contributed by atoms with Gasteiger partial charge in [-0.1, -0.05) is 17.7 Å². The first-order chi connectivity index (χ1) is 16.6. The van der Waals surface area contributed by atoms with Crippen molar-refractivity contribution in [1.82, 2.24) is 20.3 Å². The van der Waals surface area contributed by atoms with Crippen LogP contribution >= 0.6 is 11.6 Å². The van der Waals surface area contributed by atoms with Crippen LogP contribution < -0.4 is 20.7 Å². The van der Waals surface area contributed by atoms with Gasteiger partial charge in [0.2, 0.25) is 5.95 Å². The fourth-order valence-corrected chi connectivity index (χ4v) is 4.34. The number of benzene rings is 1. The zero-order valence-corrected chi connectivity index (χ0v) is 19.4. The van der Waals surface area contributed by atoms with Crippen LogP contribution in [0.5, 0.6) is 5.75 Å². The van der Waals surface area contributed by atoms with Gasteiger partial charge in [0.1, 0.15) is 0 Å². The minimum Gasteiger partial charge on any atom is -0.493 e. The quantitative estimate of drug-likeness (QED) is 0.403. The van der Waals surface area contributed by atoms with Crippen molar-refractivity contribution < 1.29 is 19.0 Å². The Morgan fingerprint density at radius 1 is 1.29 bits per heavy atom. The molecule has 1 aromatic carbocycles. The molecule has 1 saturated heterocycles. The average Bonchev–Trinajstić information content (AvgIpc) is 3.23. The Kier molecular flexibility index (Phi) is 6.52.